The molecule has 2 rings (SSSR count). The van der Waals surface area contributed by atoms with E-state index in [4.69, 9.17) is 19.9 Å². The van der Waals surface area contributed by atoms with E-state index in [1.54, 1.807) is 13.1 Å². The molecule has 29 heavy (non-hydrogen) atoms. The SMILES string of the molecule is COC(=O)c1ccc(C(=O)N(C)c2ccccc2OCCCC(C)N)cc1OC. The van der Waals surface area contributed by atoms with Gasteiger partial charge in [-0.2, -0.15) is 0 Å². The first-order chi connectivity index (χ1) is 13.9. The second-order valence-corrected chi connectivity index (χ2v) is 6.71. The monoisotopic (exact) mass is 400 g/mol. The average Bonchev–Trinajstić information content (AvgIpc) is 2.74. The lowest BCUT2D eigenvalue weighted by Crippen LogP contribution is -2.27. The quantitative estimate of drug-likeness (QED) is 0.513. The predicted octanol–water partition coefficient (Wildman–Crippen LogP) is 3.26. The molecule has 0 radical (unpaired) electrons. The molecule has 0 saturated heterocycles. The molecular formula is C22H28N2O5. The molecule has 0 heterocycles. The lowest BCUT2D eigenvalue weighted by atomic mass is 10.1. The van der Waals surface area contributed by atoms with Gasteiger partial charge in [0.15, 0.2) is 0 Å². The normalized spacial score (nSPS) is 11.5. The van der Waals surface area contributed by atoms with Gasteiger partial charge in [-0.05, 0) is 50.1 Å². The number of methoxy groups -OCH3 is 2. The summed E-state index contributed by atoms with van der Waals surface area (Å²) in [5.41, 5.74) is 7.05. The molecule has 2 aromatic rings. The zero-order valence-corrected chi connectivity index (χ0v) is 17.3. The number of para-hydroxylation sites is 2. The first-order valence-corrected chi connectivity index (χ1v) is 9.40. The van der Waals surface area contributed by atoms with Crippen LogP contribution in [-0.4, -0.2) is 45.8 Å². The smallest absolute Gasteiger partial charge is 0.341 e. The highest BCUT2D eigenvalue weighted by molar-refractivity contribution is 6.07. The van der Waals surface area contributed by atoms with Crippen LogP contribution in [0, 0.1) is 0 Å². The maximum absolute atomic E-state index is 13.0. The van der Waals surface area contributed by atoms with Gasteiger partial charge >= 0.3 is 5.97 Å². The molecular weight excluding hydrogens is 372 g/mol. The van der Waals surface area contributed by atoms with E-state index in [0.29, 0.717) is 23.6 Å². The molecule has 0 saturated carbocycles. The zero-order chi connectivity index (χ0) is 21.4. The van der Waals surface area contributed by atoms with E-state index in [-0.39, 0.29) is 23.3 Å². The Balaban J connectivity index is 2.21. The fraction of sp³-hybridized carbons (Fsp3) is 0.364. The number of rotatable bonds is 9. The van der Waals surface area contributed by atoms with E-state index >= 15 is 0 Å². The van der Waals surface area contributed by atoms with Crippen molar-refractivity contribution >= 4 is 17.6 Å². The lowest BCUT2D eigenvalue weighted by Gasteiger charge is -2.21. The van der Waals surface area contributed by atoms with Crippen LogP contribution >= 0.6 is 0 Å². The number of ether oxygens (including phenoxy) is 3. The first kappa shape index (κ1) is 22.2. The van der Waals surface area contributed by atoms with Crippen molar-refractivity contribution in [2.24, 2.45) is 5.73 Å². The molecule has 7 nitrogen and oxygen atoms in total. The maximum Gasteiger partial charge on any atom is 0.341 e. The second-order valence-electron chi connectivity index (χ2n) is 6.71. The van der Waals surface area contributed by atoms with Crippen LogP contribution < -0.4 is 20.1 Å². The molecule has 0 aliphatic rings. The number of amides is 1. The van der Waals surface area contributed by atoms with Crippen molar-refractivity contribution < 1.29 is 23.8 Å². The predicted molar refractivity (Wildman–Crippen MR) is 112 cm³/mol. The number of hydrogen-bond acceptors (Lipinski definition) is 6. The fourth-order valence-electron chi connectivity index (χ4n) is 2.85. The minimum absolute atomic E-state index is 0.126. The summed E-state index contributed by atoms with van der Waals surface area (Å²) in [6.07, 6.45) is 1.69. The number of carbonyl (C=O) groups is 2. The first-order valence-electron chi connectivity index (χ1n) is 9.40. The third-order valence-corrected chi connectivity index (χ3v) is 4.45. The average molecular weight is 400 g/mol. The van der Waals surface area contributed by atoms with Gasteiger partial charge in [-0.3, -0.25) is 4.79 Å². The van der Waals surface area contributed by atoms with Crippen molar-refractivity contribution in [2.45, 2.75) is 25.8 Å². The van der Waals surface area contributed by atoms with Crippen LogP contribution in [0.3, 0.4) is 0 Å². The molecule has 2 aromatic carbocycles. The summed E-state index contributed by atoms with van der Waals surface area (Å²) in [5.74, 6) is 0.105. The van der Waals surface area contributed by atoms with Crippen molar-refractivity contribution in [1.82, 2.24) is 0 Å². The maximum atomic E-state index is 13.0. The third kappa shape index (κ3) is 5.71. The van der Waals surface area contributed by atoms with Crippen molar-refractivity contribution in [3.8, 4) is 11.5 Å². The van der Waals surface area contributed by atoms with Gasteiger partial charge in [0.25, 0.3) is 5.91 Å². The van der Waals surface area contributed by atoms with Gasteiger partial charge in [-0.1, -0.05) is 12.1 Å². The van der Waals surface area contributed by atoms with Gasteiger partial charge < -0.3 is 24.8 Å². The number of nitrogens with two attached hydrogens (primary N) is 1. The summed E-state index contributed by atoms with van der Waals surface area (Å²) >= 11 is 0. The largest absolute Gasteiger partial charge is 0.496 e. The summed E-state index contributed by atoms with van der Waals surface area (Å²) in [7, 11) is 4.40. The van der Waals surface area contributed by atoms with E-state index in [1.807, 2.05) is 31.2 Å². The van der Waals surface area contributed by atoms with Crippen LogP contribution in [0.4, 0.5) is 5.69 Å². The Labute approximate surface area is 171 Å². The highest BCUT2D eigenvalue weighted by Crippen LogP contribution is 2.29. The Morgan fingerprint density at radius 1 is 1.10 bits per heavy atom. The molecule has 2 N–H and O–H groups in total. The Morgan fingerprint density at radius 3 is 2.48 bits per heavy atom. The van der Waals surface area contributed by atoms with Gasteiger partial charge in [-0.15, -0.1) is 0 Å². The molecule has 1 atom stereocenters. The zero-order valence-electron chi connectivity index (χ0n) is 17.3. The Hall–Kier alpha value is -3.06. The summed E-state index contributed by atoms with van der Waals surface area (Å²) in [4.78, 5) is 26.3. The number of benzene rings is 2. The van der Waals surface area contributed by atoms with Crippen molar-refractivity contribution in [1.29, 1.82) is 0 Å². The Morgan fingerprint density at radius 2 is 1.83 bits per heavy atom. The molecule has 0 aliphatic carbocycles. The van der Waals surface area contributed by atoms with Crippen LogP contribution in [0.1, 0.15) is 40.5 Å². The molecule has 156 valence electrons. The molecule has 0 fully saturated rings. The van der Waals surface area contributed by atoms with E-state index in [9.17, 15) is 9.59 Å². The van der Waals surface area contributed by atoms with Gasteiger partial charge in [0.05, 0.1) is 26.5 Å². The summed E-state index contributed by atoms with van der Waals surface area (Å²) in [6.45, 7) is 2.47. The lowest BCUT2D eigenvalue weighted by molar-refractivity contribution is 0.0596. The summed E-state index contributed by atoms with van der Waals surface area (Å²) in [5, 5.41) is 0. The molecule has 0 aliphatic heterocycles. The third-order valence-electron chi connectivity index (χ3n) is 4.45. The second kappa shape index (κ2) is 10.5. The molecule has 1 amide bonds. The number of hydrogen-bond donors (Lipinski definition) is 1. The van der Waals surface area contributed by atoms with Gasteiger partial charge in [-0.25, -0.2) is 4.79 Å². The Kier molecular flexibility index (Phi) is 8.03. The minimum Gasteiger partial charge on any atom is -0.496 e. The van der Waals surface area contributed by atoms with Crippen molar-refractivity contribution in [3.05, 3.63) is 53.6 Å². The highest BCUT2D eigenvalue weighted by Gasteiger charge is 2.20. The van der Waals surface area contributed by atoms with Crippen LogP contribution in [0.25, 0.3) is 0 Å². The molecule has 7 heteroatoms. The topological polar surface area (TPSA) is 91.1 Å². The van der Waals surface area contributed by atoms with Gasteiger partial charge in [0.1, 0.15) is 17.1 Å². The highest BCUT2D eigenvalue weighted by atomic mass is 16.5. The number of esters is 1. The number of carbonyl (C=O) groups excluding carboxylic acids is 2. The minimum atomic E-state index is -0.528. The van der Waals surface area contributed by atoms with Crippen LogP contribution in [0.2, 0.25) is 0 Å². The molecule has 0 bridgehead atoms. The van der Waals surface area contributed by atoms with E-state index in [0.717, 1.165) is 12.8 Å². The van der Waals surface area contributed by atoms with Crippen LogP contribution in [0.15, 0.2) is 42.5 Å². The van der Waals surface area contributed by atoms with Crippen LogP contribution in [0.5, 0.6) is 11.5 Å². The summed E-state index contributed by atoms with van der Waals surface area (Å²) in [6, 6.07) is 12.1. The number of nitrogens with zero attached hydrogens (tertiary/aromatic N) is 1. The van der Waals surface area contributed by atoms with E-state index < -0.39 is 5.97 Å². The van der Waals surface area contributed by atoms with E-state index in [1.165, 1.54) is 31.3 Å². The standard InChI is InChI=1S/C22H28N2O5/c1-15(23)8-7-13-29-19-10-6-5-9-18(19)24(2)21(25)16-11-12-17(22(26)28-4)20(14-16)27-3/h5-6,9-12,14-15H,7-8,13,23H2,1-4H3. The van der Waals surface area contributed by atoms with E-state index in [2.05, 4.69) is 0 Å². The fourth-order valence-corrected chi connectivity index (χ4v) is 2.85. The molecule has 0 spiro atoms. The van der Waals surface area contributed by atoms with Crippen molar-refractivity contribution in [3.63, 3.8) is 0 Å². The molecule has 1 unspecified atom stereocenters. The number of anilines is 1. The Bertz CT molecular complexity index is 851. The van der Waals surface area contributed by atoms with Gasteiger partial charge in [0.2, 0.25) is 0 Å². The van der Waals surface area contributed by atoms with Crippen molar-refractivity contribution in [2.75, 3.05) is 32.8 Å². The summed E-state index contributed by atoms with van der Waals surface area (Å²) < 4.78 is 15.9. The van der Waals surface area contributed by atoms with Gasteiger partial charge in [0, 0.05) is 18.7 Å². The molecule has 0 aromatic heterocycles. The van der Waals surface area contributed by atoms with Crippen LogP contribution in [-0.2, 0) is 4.74 Å².